The summed E-state index contributed by atoms with van der Waals surface area (Å²) in [7, 11) is 0. The van der Waals surface area contributed by atoms with Crippen LogP contribution in [0.3, 0.4) is 0 Å². The van der Waals surface area contributed by atoms with Crippen LogP contribution in [0, 0.1) is 0 Å². The average Bonchev–Trinajstić information content (AvgIpc) is 2.79. The second-order valence-electron chi connectivity index (χ2n) is 3.15. The van der Waals surface area contributed by atoms with E-state index in [1.54, 1.807) is 42.4 Å². The Bertz CT molecular complexity index is 482. The average molecular weight is 235 g/mol. The summed E-state index contributed by atoms with van der Waals surface area (Å²) < 4.78 is 4.71. The minimum absolute atomic E-state index is 0.301. The van der Waals surface area contributed by atoms with Crippen LogP contribution in [-0.4, -0.2) is 16.2 Å². The summed E-state index contributed by atoms with van der Waals surface area (Å²) in [5.41, 5.74) is 1.28. The summed E-state index contributed by atoms with van der Waals surface area (Å²) >= 11 is 1.55. The van der Waals surface area contributed by atoms with Gasteiger partial charge in [0.15, 0.2) is 0 Å². The highest BCUT2D eigenvalue weighted by Crippen LogP contribution is 2.23. The van der Waals surface area contributed by atoms with Crippen molar-refractivity contribution in [2.45, 2.75) is 10.6 Å². The fourth-order valence-electron chi connectivity index (χ4n) is 1.18. The molecule has 0 spiro atoms. The monoisotopic (exact) mass is 235 g/mol. The maximum atomic E-state index is 10.8. The van der Waals surface area contributed by atoms with Crippen LogP contribution >= 0.6 is 11.8 Å². The molecule has 0 atom stereocenters. The molecule has 0 bridgehead atoms. The molecule has 1 aromatic carbocycles. The molecule has 0 saturated carbocycles. The largest absolute Gasteiger partial charge is 0.478 e. The highest BCUT2D eigenvalue weighted by atomic mass is 32.2. The van der Waals surface area contributed by atoms with Gasteiger partial charge in [-0.1, -0.05) is 11.2 Å². The molecule has 0 aliphatic rings. The van der Waals surface area contributed by atoms with Crippen molar-refractivity contribution >= 4 is 17.7 Å². The van der Waals surface area contributed by atoms with Crippen LogP contribution in [0.4, 0.5) is 0 Å². The van der Waals surface area contributed by atoms with Gasteiger partial charge >= 0.3 is 5.97 Å². The molecular weight excluding hydrogens is 226 g/mol. The standard InChI is InChI=1S/C11H9NO3S/c13-11(14)9-2-1-3-10(4-9)16-7-8-5-12-15-6-8/h1-6H,7H2,(H,13,14). The number of carboxylic acids is 1. The van der Waals surface area contributed by atoms with Crippen molar-refractivity contribution in [3.05, 3.63) is 47.9 Å². The fourth-order valence-corrected chi connectivity index (χ4v) is 2.04. The Labute approximate surface area is 96.3 Å². The van der Waals surface area contributed by atoms with Gasteiger partial charge in [0.25, 0.3) is 0 Å². The normalized spacial score (nSPS) is 10.2. The lowest BCUT2D eigenvalue weighted by Gasteiger charge is -2.00. The van der Waals surface area contributed by atoms with Gasteiger partial charge in [0.05, 0.1) is 11.8 Å². The van der Waals surface area contributed by atoms with E-state index in [2.05, 4.69) is 5.16 Å². The zero-order valence-corrected chi connectivity index (χ0v) is 9.11. The van der Waals surface area contributed by atoms with Gasteiger partial charge in [-0.25, -0.2) is 4.79 Å². The Morgan fingerprint density at radius 1 is 1.50 bits per heavy atom. The van der Waals surface area contributed by atoms with Crippen LogP contribution in [0.5, 0.6) is 0 Å². The van der Waals surface area contributed by atoms with Crippen LogP contribution in [0.25, 0.3) is 0 Å². The molecule has 1 heterocycles. The number of aromatic carboxylic acids is 1. The summed E-state index contributed by atoms with van der Waals surface area (Å²) in [4.78, 5) is 11.7. The van der Waals surface area contributed by atoms with Crippen LogP contribution < -0.4 is 0 Å². The minimum Gasteiger partial charge on any atom is -0.478 e. The Kier molecular flexibility index (Phi) is 3.26. The number of carboxylic acid groups (broad SMARTS) is 1. The molecule has 5 heteroatoms. The zero-order chi connectivity index (χ0) is 11.4. The summed E-state index contributed by atoms with van der Waals surface area (Å²) in [6, 6.07) is 6.84. The second-order valence-corrected chi connectivity index (χ2v) is 4.20. The third-order valence-corrected chi connectivity index (χ3v) is 3.03. The predicted octanol–water partition coefficient (Wildman–Crippen LogP) is 2.67. The fraction of sp³-hybridized carbons (Fsp3) is 0.0909. The lowest BCUT2D eigenvalue weighted by molar-refractivity contribution is 0.0696. The third kappa shape index (κ3) is 2.64. The van der Waals surface area contributed by atoms with Crippen molar-refractivity contribution in [3.63, 3.8) is 0 Å². The van der Waals surface area contributed by atoms with E-state index in [0.717, 1.165) is 10.5 Å². The Morgan fingerprint density at radius 2 is 2.38 bits per heavy atom. The van der Waals surface area contributed by atoms with Crippen LogP contribution in [-0.2, 0) is 5.75 Å². The third-order valence-electron chi connectivity index (χ3n) is 1.97. The molecule has 2 rings (SSSR count). The number of hydrogen-bond donors (Lipinski definition) is 1. The number of nitrogens with zero attached hydrogens (tertiary/aromatic N) is 1. The summed E-state index contributed by atoms with van der Waals surface area (Å²) in [6.07, 6.45) is 3.22. The van der Waals surface area contributed by atoms with E-state index in [-0.39, 0.29) is 0 Å². The molecule has 0 radical (unpaired) electrons. The van der Waals surface area contributed by atoms with Gasteiger partial charge in [0.2, 0.25) is 0 Å². The van der Waals surface area contributed by atoms with Crippen LogP contribution in [0.15, 0.2) is 46.1 Å². The summed E-state index contributed by atoms with van der Waals surface area (Å²) in [5, 5.41) is 12.4. The highest BCUT2D eigenvalue weighted by Gasteiger charge is 2.04. The molecule has 1 N–H and O–H groups in total. The molecule has 0 fully saturated rings. The number of carbonyl (C=O) groups is 1. The molecule has 1 aromatic heterocycles. The van der Waals surface area contributed by atoms with Gasteiger partial charge in [-0.05, 0) is 18.2 Å². The van der Waals surface area contributed by atoms with E-state index in [9.17, 15) is 4.79 Å². The number of thioether (sulfide) groups is 1. The van der Waals surface area contributed by atoms with Gasteiger partial charge in [-0.15, -0.1) is 11.8 Å². The van der Waals surface area contributed by atoms with Crippen molar-refractivity contribution in [2.75, 3.05) is 0 Å². The first-order valence-electron chi connectivity index (χ1n) is 4.60. The molecule has 16 heavy (non-hydrogen) atoms. The molecule has 0 saturated heterocycles. The van der Waals surface area contributed by atoms with Gasteiger partial charge < -0.3 is 9.63 Å². The maximum Gasteiger partial charge on any atom is 0.335 e. The van der Waals surface area contributed by atoms with Gasteiger partial charge in [-0.2, -0.15) is 0 Å². The van der Waals surface area contributed by atoms with E-state index in [1.165, 1.54) is 0 Å². The van der Waals surface area contributed by atoms with Gasteiger partial charge in [-0.3, -0.25) is 0 Å². The number of aromatic nitrogens is 1. The lowest BCUT2D eigenvalue weighted by Crippen LogP contribution is -1.95. The molecule has 82 valence electrons. The Morgan fingerprint density at radius 3 is 3.06 bits per heavy atom. The second kappa shape index (κ2) is 4.85. The van der Waals surface area contributed by atoms with Gasteiger partial charge in [0.1, 0.15) is 6.26 Å². The molecular formula is C11H9NO3S. The van der Waals surface area contributed by atoms with Crippen molar-refractivity contribution in [1.29, 1.82) is 0 Å². The van der Waals surface area contributed by atoms with Gasteiger partial charge in [0, 0.05) is 16.2 Å². The minimum atomic E-state index is -0.910. The van der Waals surface area contributed by atoms with E-state index >= 15 is 0 Å². The van der Waals surface area contributed by atoms with Crippen LogP contribution in [0.2, 0.25) is 0 Å². The number of rotatable bonds is 4. The molecule has 0 amide bonds. The summed E-state index contributed by atoms with van der Waals surface area (Å²) in [6.45, 7) is 0. The molecule has 0 aliphatic heterocycles. The maximum absolute atomic E-state index is 10.8. The first kappa shape index (κ1) is 10.8. The summed E-state index contributed by atoms with van der Waals surface area (Å²) in [5.74, 6) is -0.195. The van der Waals surface area contributed by atoms with E-state index in [4.69, 9.17) is 9.63 Å². The molecule has 0 aliphatic carbocycles. The Balaban J connectivity index is 2.04. The quantitative estimate of drug-likeness (QED) is 0.825. The predicted molar refractivity (Wildman–Crippen MR) is 59.5 cm³/mol. The molecule has 2 aromatic rings. The van der Waals surface area contributed by atoms with E-state index < -0.39 is 5.97 Å². The Hall–Kier alpha value is -1.75. The van der Waals surface area contributed by atoms with Crippen LogP contribution in [0.1, 0.15) is 15.9 Å². The van der Waals surface area contributed by atoms with E-state index in [0.29, 0.717) is 11.3 Å². The molecule has 4 nitrogen and oxygen atoms in total. The van der Waals surface area contributed by atoms with Crippen molar-refractivity contribution in [1.82, 2.24) is 5.16 Å². The SMILES string of the molecule is O=C(O)c1cccc(SCc2cnoc2)c1. The topological polar surface area (TPSA) is 63.3 Å². The first-order valence-corrected chi connectivity index (χ1v) is 5.58. The van der Waals surface area contributed by atoms with E-state index in [1.807, 2.05) is 6.07 Å². The number of benzene rings is 1. The highest BCUT2D eigenvalue weighted by molar-refractivity contribution is 7.98. The first-order chi connectivity index (χ1) is 7.75. The zero-order valence-electron chi connectivity index (χ0n) is 8.29. The lowest BCUT2D eigenvalue weighted by atomic mass is 10.2. The number of hydrogen-bond acceptors (Lipinski definition) is 4. The smallest absolute Gasteiger partial charge is 0.335 e. The van der Waals surface area contributed by atoms with Crippen molar-refractivity contribution < 1.29 is 14.4 Å². The molecule has 0 unspecified atom stereocenters. The van der Waals surface area contributed by atoms with Crippen molar-refractivity contribution in [3.8, 4) is 0 Å². The van der Waals surface area contributed by atoms with Crippen molar-refractivity contribution in [2.24, 2.45) is 0 Å².